The third-order valence-corrected chi connectivity index (χ3v) is 2.28. The number of imidazole rings is 1. The first-order chi connectivity index (χ1) is 6.70. The first kappa shape index (κ1) is 8.87. The Kier molecular flexibility index (Phi) is 2.04. The summed E-state index contributed by atoms with van der Waals surface area (Å²) < 4.78 is 19.4. The summed E-state index contributed by atoms with van der Waals surface area (Å²) in [4.78, 5) is 6.53. The van der Waals surface area contributed by atoms with Crippen LogP contribution in [-0.4, -0.2) is 18.7 Å². The molecule has 1 heterocycles. The molecule has 1 aromatic heterocycles. The summed E-state index contributed by atoms with van der Waals surface area (Å²) in [6, 6.07) is 6.78. The molecule has 0 bridgehead atoms. The van der Waals surface area contributed by atoms with Crippen molar-refractivity contribution in [3.63, 3.8) is 0 Å². The van der Waals surface area contributed by atoms with Gasteiger partial charge in [0.25, 0.3) is 0 Å². The molecule has 14 heavy (non-hydrogen) atoms. The minimum Gasteiger partial charge on any atom is -0.329 e. The molecule has 0 amide bonds. The minimum atomic E-state index is -2.12. The number of fused-ring (bicyclic) bond motifs is 1. The van der Waals surface area contributed by atoms with Gasteiger partial charge in [0.05, 0.1) is 22.7 Å². The molecule has 0 fully saturated rings. The first-order valence-electron chi connectivity index (χ1n) is 3.71. The van der Waals surface area contributed by atoms with Gasteiger partial charge in [-0.3, -0.25) is 4.55 Å². The normalized spacial score (nSPS) is 12.6. The van der Waals surface area contributed by atoms with Crippen molar-refractivity contribution in [2.24, 2.45) is 0 Å². The molecule has 2 rings (SSSR count). The van der Waals surface area contributed by atoms with Gasteiger partial charge in [0, 0.05) is 0 Å². The third-order valence-electron chi connectivity index (χ3n) is 1.75. The first-order valence-corrected chi connectivity index (χ1v) is 4.82. The smallest absolute Gasteiger partial charge is 0.225 e. The fraction of sp³-hybridized carbons (Fsp3) is 0. The zero-order valence-electron chi connectivity index (χ0n) is 6.89. The van der Waals surface area contributed by atoms with Gasteiger partial charge >= 0.3 is 0 Å². The van der Waals surface area contributed by atoms with Crippen LogP contribution in [0.1, 0.15) is 5.56 Å². The second kappa shape index (κ2) is 3.21. The van der Waals surface area contributed by atoms with Crippen LogP contribution in [0.5, 0.6) is 0 Å². The third kappa shape index (κ3) is 1.39. The summed E-state index contributed by atoms with van der Waals surface area (Å²) in [5.41, 5.74) is 1.64. The van der Waals surface area contributed by atoms with E-state index in [4.69, 9.17) is 9.81 Å². The maximum absolute atomic E-state index is 10.7. The van der Waals surface area contributed by atoms with Crippen LogP contribution in [0.2, 0.25) is 0 Å². The molecule has 5 nitrogen and oxygen atoms in total. The number of hydrogen-bond acceptors (Lipinski definition) is 3. The molecule has 1 aromatic carbocycles. The van der Waals surface area contributed by atoms with Crippen LogP contribution in [0.15, 0.2) is 23.4 Å². The Morgan fingerprint density at radius 1 is 1.57 bits per heavy atom. The maximum atomic E-state index is 10.7. The molecule has 0 aliphatic rings. The van der Waals surface area contributed by atoms with Gasteiger partial charge < -0.3 is 4.98 Å². The van der Waals surface area contributed by atoms with E-state index in [1.54, 1.807) is 18.2 Å². The van der Waals surface area contributed by atoms with Gasteiger partial charge in [0.2, 0.25) is 16.2 Å². The predicted octanol–water partition coefficient (Wildman–Crippen LogP) is 1.02. The molecule has 0 spiro atoms. The molecule has 0 aliphatic carbocycles. The second-order valence-electron chi connectivity index (χ2n) is 2.63. The van der Waals surface area contributed by atoms with Crippen molar-refractivity contribution in [3.05, 3.63) is 23.8 Å². The van der Waals surface area contributed by atoms with Crippen LogP contribution in [-0.2, 0) is 11.1 Å². The van der Waals surface area contributed by atoms with Crippen LogP contribution in [0, 0.1) is 11.3 Å². The highest BCUT2D eigenvalue weighted by Crippen LogP contribution is 2.14. The second-order valence-corrected chi connectivity index (χ2v) is 3.52. The highest BCUT2D eigenvalue weighted by Gasteiger charge is 2.07. The molecule has 6 heteroatoms. The Morgan fingerprint density at radius 3 is 3.00 bits per heavy atom. The maximum Gasteiger partial charge on any atom is 0.225 e. The molecule has 0 saturated heterocycles. The summed E-state index contributed by atoms with van der Waals surface area (Å²) in [6.07, 6.45) is 0. The lowest BCUT2D eigenvalue weighted by Crippen LogP contribution is -1.89. The van der Waals surface area contributed by atoms with Gasteiger partial charge in [-0.05, 0) is 18.2 Å². The van der Waals surface area contributed by atoms with Crippen LogP contribution < -0.4 is 0 Å². The van der Waals surface area contributed by atoms with Crippen molar-refractivity contribution >= 4 is 22.1 Å². The lowest BCUT2D eigenvalue weighted by molar-refractivity contribution is 0.557. The van der Waals surface area contributed by atoms with Crippen molar-refractivity contribution < 1.29 is 8.76 Å². The lowest BCUT2D eigenvalue weighted by Gasteiger charge is -1.87. The fourth-order valence-corrected chi connectivity index (χ4v) is 1.51. The van der Waals surface area contributed by atoms with E-state index in [0.717, 1.165) is 0 Å². The summed E-state index contributed by atoms with van der Waals surface area (Å²) in [7, 11) is 0. The number of nitrogens with one attached hydrogen (secondary N) is 1. The van der Waals surface area contributed by atoms with Crippen molar-refractivity contribution in [1.82, 2.24) is 9.97 Å². The van der Waals surface area contributed by atoms with Gasteiger partial charge in [-0.15, -0.1) is 0 Å². The van der Waals surface area contributed by atoms with Gasteiger partial charge in [-0.25, -0.2) is 9.19 Å². The summed E-state index contributed by atoms with van der Waals surface area (Å²) >= 11 is -2.12. The molecule has 1 unspecified atom stereocenters. The minimum absolute atomic E-state index is 0.00455. The van der Waals surface area contributed by atoms with Crippen LogP contribution >= 0.6 is 0 Å². The monoisotopic (exact) mass is 207 g/mol. The largest absolute Gasteiger partial charge is 0.329 e. The molecule has 70 valence electrons. The average Bonchev–Trinajstić information content (AvgIpc) is 2.59. The van der Waals surface area contributed by atoms with E-state index >= 15 is 0 Å². The molecular formula is C8H5N3O2S. The standard InChI is InChI=1S/C8H5N3O2S/c9-4-5-1-2-6-7(3-5)11-8(10-6)14(12)13/h1-3H,(H,10,11)(H,12,13). The Hall–Kier alpha value is -1.71. The van der Waals surface area contributed by atoms with Crippen molar-refractivity contribution in [3.8, 4) is 6.07 Å². The summed E-state index contributed by atoms with van der Waals surface area (Å²) in [6.45, 7) is 0. The number of nitrogens with zero attached hydrogens (tertiary/aromatic N) is 2. The average molecular weight is 207 g/mol. The number of aromatic nitrogens is 2. The number of hydrogen-bond donors (Lipinski definition) is 2. The summed E-state index contributed by atoms with van der Waals surface area (Å²) in [5, 5.41) is 8.61. The van der Waals surface area contributed by atoms with Gasteiger partial charge in [-0.2, -0.15) is 5.26 Å². The lowest BCUT2D eigenvalue weighted by atomic mass is 10.2. The Labute approximate surface area is 81.7 Å². The van der Waals surface area contributed by atoms with Crippen molar-refractivity contribution in [2.75, 3.05) is 0 Å². The molecule has 0 saturated carbocycles. The number of benzene rings is 1. The van der Waals surface area contributed by atoms with E-state index in [1.165, 1.54) is 0 Å². The van der Waals surface area contributed by atoms with Crippen LogP contribution in [0.25, 0.3) is 11.0 Å². The Bertz CT molecular complexity index is 555. The molecule has 0 aliphatic heterocycles. The predicted molar refractivity (Wildman–Crippen MR) is 49.8 cm³/mol. The molecular weight excluding hydrogens is 202 g/mol. The number of H-pyrrole nitrogens is 1. The molecule has 1 atom stereocenters. The quantitative estimate of drug-likeness (QED) is 0.683. The topological polar surface area (TPSA) is 89.8 Å². The Morgan fingerprint density at radius 2 is 2.36 bits per heavy atom. The number of nitriles is 1. The summed E-state index contributed by atoms with van der Waals surface area (Å²) in [5.74, 6) is 0. The number of rotatable bonds is 1. The van der Waals surface area contributed by atoms with Crippen LogP contribution in [0.3, 0.4) is 0 Å². The van der Waals surface area contributed by atoms with Gasteiger partial charge in [0.1, 0.15) is 0 Å². The zero-order valence-corrected chi connectivity index (χ0v) is 7.71. The van der Waals surface area contributed by atoms with E-state index in [0.29, 0.717) is 16.6 Å². The van der Waals surface area contributed by atoms with E-state index in [2.05, 4.69) is 9.97 Å². The van der Waals surface area contributed by atoms with Gasteiger partial charge in [0.15, 0.2) is 0 Å². The van der Waals surface area contributed by atoms with Gasteiger partial charge in [-0.1, -0.05) is 0 Å². The van der Waals surface area contributed by atoms with E-state index in [-0.39, 0.29) is 5.16 Å². The van der Waals surface area contributed by atoms with E-state index < -0.39 is 11.1 Å². The Balaban J connectivity index is 2.67. The highest BCUT2D eigenvalue weighted by molar-refractivity contribution is 7.79. The van der Waals surface area contributed by atoms with Crippen molar-refractivity contribution in [1.29, 1.82) is 5.26 Å². The van der Waals surface area contributed by atoms with Crippen molar-refractivity contribution in [2.45, 2.75) is 5.16 Å². The van der Waals surface area contributed by atoms with E-state index in [1.807, 2.05) is 6.07 Å². The molecule has 0 radical (unpaired) electrons. The zero-order chi connectivity index (χ0) is 10.1. The SMILES string of the molecule is N#Cc1ccc2nc(S(=O)O)[nH]c2c1. The number of aromatic amines is 1. The fourth-order valence-electron chi connectivity index (χ4n) is 1.14. The highest BCUT2D eigenvalue weighted by atomic mass is 32.2. The van der Waals surface area contributed by atoms with E-state index in [9.17, 15) is 4.21 Å². The molecule has 2 N–H and O–H groups in total. The molecule has 2 aromatic rings. The van der Waals surface area contributed by atoms with Crippen LogP contribution in [0.4, 0.5) is 0 Å².